The highest BCUT2D eigenvalue weighted by Gasteiger charge is 2.32. The number of aryl methyl sites for hydroxylation is 1. The minimum Gasteiger partial charge on any atom is -0.411 e. The highest BCUT2D eigenvalue weighted by Crippen LogP contribution is 2.39. The number of nitrogen functional groups attached to an aromatic ring is 1. The Labute approximate surface area is 156 Å². The quantitative estimate of drug-likeness (QED) is 0.629. The molecule has 7 heteroatoms. The van der Waals surface area contributed by atoms with Crippen molar-refractivity contribution in [3.05, 3.63) is 64.8 Å². The maximum atomic E-state index is 14.1. The first-order valence-electron chi connectivity index (χ1n) is 8.86. The summed E-state index contributed by atoms with van der Waals surface area (Å²) in [6.07, 6.45) is 7.32. The van der Waals surface area contributed by atoms with Gasteiger partial charge in [0.15, 0.2) is 0 Å². The second kappa shape index (κ2) is 6.90. The van der Waals surface area contributed by atoms with E-state index in [2.05, 4.69) is 20.1 Å². The lowest BCUT2D eigenvalue weighted by Crippen LogP contribution is -2.26. The van der Waals surface area contributed by atoms with E-state index in [9.17, 15) is 9.60 Å². The third kappa shape index (κ3) is 3.20. The van der Waals surface area contributed by atoms with E-state index < -0.39 is 6.17 Å². The summed E-state index contributed by atoms with van der Waals surface area (Å²) in [5.74, 6) is 0.213. The topological polar surface area (TPSA) is 97.3 Å². The predicted molar refractivity (Wildman–Crippen MR) is 101 cm³/mol. The largest absolute Gasteiger partial charge is 0.411 e. The first kappa shape index (κ1) is 17.3. The Morgan fingerprint density at radius 2 is 2.11 bits per heavy atom. The van der Waals surface area contributed by atoms with Crippen LogP contribution in [-0.2, 0) is 6.42 Å². The summed E-state index contributed by atoms with van der Waals surface area (Å²) in [5, 5.41) is 13.1. The van der Waals surface area contributed by atoms with Crippen LogP contribution in [0.2, 0.25) is 0 Å². The van der Waals surface area contributed by atoms with Crippen molar-refractivity contribution in [3.63, 3.8) is 0 Å². The van der Waals surface area contributed by atoms with Gasteiger partial charge in [0.05, 0.1) is 17.1 Å². The smallest absolute Gasteiger partial charge is 0.220 e. The van der Waals surface area contributed by atoms with Gasteiger partial charge in [0, 0.05) is 30.8 Å². The van der Waals surface area contributed by atoms with Gasteiger partial charge in [-0.05, 0) is 42.0 Å². The molecule has 2 heterocycles. The van der Waals surface area contributed by atoms with Crippen LogP contribution < -0.4 is 5.73 Å². The maximum Gasteiger partial charge on any atom is 0.220 e. The second-order valence-electron chi connectivity index (χ2n) is 6.90. The Morgan fingerprint density at radius 3 is 2.85 bits per heavy atom. The Balaban J connectivity index is 1.81. The van der Waals surface area contributed by atoms with E-state index in [0.29, 0.717) is 30.7 Å². The van der Waals surface area contributed by atoms with Crippen LogP contribution in [0.25, 0.3) is 5.57 Å². The molecule has 0 fully saturated rings. The highest BCUT2D eigenvalue weighted by molar-refractivity contribution is 6.03. The van der Waals surface area contributed by atoms with Crippen LogP contribution in [0.3, 0.4) is 0 Å². The van der Waals surface area contributed by atoms with Crippen LogP contribution in [0, 0.1) is 12.8 Å². The van der Waals surface area contributed by atoms with E-state index in [4.69, 9.17) is 5.73 Å². The molecule has 0 saturated heterocycles. The SMILES string of the molecule is Cc1nc(N)nc2c1/C(=N/O)C[C@H](C1=C(c3cccnc3)CC(F)C=C1)C2. The van der Waals surface area contributed by atoms with E-state index in [1.54, 1.807) is 18.5 Å². The van der Waals surface area contributed by atoms with E-state index in [-0.39, 0.29) is 11.9 Å². The maximum absolute atomic E-state index is 14.1. The number of halogens is 1. The number of anilines is 1. The summed E-state index contributed by atoms with van der Waals surface area (Å²) in [6.45, 7) is 1.83. The lowest BCUT2D eigenvalue weighted by atomic mass is 9.76. The Kier molecular flexibility index (Phi) is 4.43. The van der Waals surface area contributed by atoms with Gasteiger partial charge in [-0.15, -0.1) is 0 Å². The first-order chi connectivity index (χ1) is 13.1. The average Bonchev–Trinajstić information content (AvgIpc) is 2.67. The average molecular weight is 365 g/mol. The molecule has 2 aromatic rings. The van der Waals surface area contributed by atoms with Gasteiger partial charge in [-0.1, -0.05) is 23.4 Å². The third-order valence-electron chi connectivity index (χ3n) is 5.15. The number of aromatic nitrogens is 3. The summed E-state index contributed by atoms with van der Waals surface area (Å²) < 4.78 is 14.1. The fraction of sp³-hybridized carbons (Fsp3) is 0.300. The lowest BCUT2D eigenvalue weighted by Gasteiger charge is -2.30. The summed E-state index contributed by atoms with van der Waals surface area (Å²) >= 11 is 0. The number of nitrogens with two attached hydrogens (primary N) is 1. The van der Waals surface area contributed by atoms with Crippen molar-refractivity contribution in [1.29, 1.82) is 0 Å². The predicted octanol–water partition coefficient (Wildman–Crippen LogP) is 3.25. The second-order valence-corrected chi connectivity index (χ2v) is 6.90. The monoisotopic (exact) mass is 365 g/mol. The molecule has 138 valence electrons. The van der Waals surface area contributed by atoms with Gasteiger partial charge in [0.1, 0.15) is 6.17 Å². The molecule has 6 nitrogen and oxygen atoms in total. The summed E-state index contributed by atoms with van der Waals surface area (Å²) in [4.78, 5) is 12.7. The van der Waals surface area contributed by atoms with E-state index in [1.165, 1.54) is 0 Å². The molecule has 2 atom stereocenters. The van der Waals surface area contributed by atoms with Gasteiger partial charge in [0.2, 0.25) is 5.95 Å². The molecule has 3 N–H and O–H groups in total. The van der Waals surface area contributed by atoms with Gasteiger partial charge in [-0.2, -0.15) is 0 Å². The van der Waals surface area contributed by atoms with Crippen molar-refractivity contribution in [1.82, 2.24) is 15.0 Å². The van der Waals surface area contributed by atoms with E-state index in [1.807, 2.05) is 25.1 Å². The lowest BCUT2D eigenvalue weighted by molar-refractivity contribution is 0.316. The number of alkyl halides is 1. The number of rotatable bonds is 2. The molecule has 27 heavy (non-hydrogen) atoms. The molecule has 2 aliphatic rings. The van der Waals surface area contributed by atoms with Crippen molar-refractivity contribution < 1.29 is 9.60 Å². The minimum absolute atomic E-state index is 0.0102. The van der Waals surface area contributed by atoms with Gasteiger partial charge >= 0.3 is 0 Å². The van der Waals surface area contributed by atoms with Crippen LogP contribution in [0.4, 0.5) is 10.3 Å². The Bertz CT molecular complexity index is 968. The number of hydrogen-bond donors (Lipinski definition) is 2. The molecule has 0 amide bonds. The fourth-order valence-corrected chi connectivity index (χ4v) is 4.03. The highest BCUT2D eigenvalue weighted by atomic mass is 19.1. The molecular weight excluding hydrogens is 345 g/mol. The molecule has 1 unspecified atom stereocenters. The molecular formula is C20H20FN5O. The Hall–Kier alpha value is -3.09. The van der Waals surface area contributed by atoms with Crippen LogP contribution in [0.15, 0.2) is 47.4 Å². The summed E-state index contributed by atoms with van der Waals surface area (Å²) in [6, 6.07) is 3.79. The molecule has 0 bridgehead atoms. The van der Waals surface area contributed by atoms with Gasteiger partial charge < -0.3 is 10.9 Å². The molecule has 0 saturated carbocycles. The van der Waals surface area contributed by atoms with Gasteiger partial charge in [-0.3, -0.25) is 4.98 Å². The van der Waals surface area contributed by atoms with Gasteiger partial charge in [-0.25, -0.2) is 14.4 Å². The van der Waals surface area contributed by atoms with Crippen molar-refractivity contribution in [2.75, 3.05) is 5.73 Å². The molecule has 0 radical (unpaired) electrons. The van der Waals surface area contributed by atoms with Crippen LogP contribution in [-0.4, -0.2) is 32.0 Å². The van der Waals surface area contributed by atoms with Crippen molar-refractivity contribution in [3.8, 4) is 0 Å². The molecule has 4 rings (SSSR count). The summed E-state index contributed by atoms with van der Waals surface area (Å²) in [7, 11) is 0. The molecule has 2 aromatic heterocycles. The molecule has 2 aliphatic carbocycles. The standard InChI is InChI=1S/C20H20FN5O/c1-11-19-17(25-20(22)24-11)7-13(8-18(19)26-27)15-5-4-14(21)9-16(15)12-3-2-6-23-10-12/h2-6,10,13-14,27H,7-9H2,1H3,(H2,22,24,25)/b26-18+/t13-,14?/m1/s1. The first-order valence-corrected chi connectivity index (χ1v) is 8.86. The molecule has 0 aliphatic heterocycles. The van der Waals surface area contributed by atoms with Crippen LogP contribution >= 0.6 is 0 Å². The fourth-order valence-electron chi connectivity index (χ4n) is 4.03. The molecule has 0 aromatic carbocycles. The normalized spacial score (nSPS) is 23.6. The molecule has 0 spiro atoms. The van der Waals surface area contributed by atoms with E-state index >= 15 is 0 Å². The summed E-state index contributed by atoms with van der Waals surface area (Å²) in [5.41, 5.74) is 11.4. The number of hydrogen-bond acceptors (Lipinski definition) is 6. The van der Waals surface area contributed by atoms with E-state index in [0.717, 1.165) is 28.0 Å². The van der Waals surface area contributed by atoms with Crippen molar-refractivity contribution in [2.45, 2.75) is 32.4 Å². The Morgan fingerprint density at radius 1 is 1.26 bits per heavy atom. The zero-order chi connectivity index (χ0) is 19.0. The van der Waals surface area contributed by atoms with Crippen molar-refractivity contribution >= 4 is 17.2 Å². The third-order valence-corrected chi connectivity index (χ3v) is 5.15. The number of allylic oxidation sites excluding steroid dienone is 4. The van der Waals surface area contributed by atoms with Crippen LogP contribution in [0.5, 0.6) is 0 Å². The number of oxime groups is 1. The number of nitrogens with zero attached hydrogens (tertiary/aromatic N) is 4. The minimum atomic E-state index is -1.02. The van der Waals surface area contributed by atoms with Gasteiger partial charge in [0.25, 0.3) is 0 Å². The number of pyridine rings is 1. The van der Waals surface area contributed by atoms with Crippen molar-refractivity contribution in [2.24, 2.45) is 11.1 Å². The zero-order valence-electron chi connectivity index (χ0n) is 14.9. The number of fused-ring (bicyclic) bond motifs is 1. The zero-order valence-corrected chi connectivity index (χ0v) is 14.9. The van der Waals surface area contributed by atoms with Crippen LogP contribution in [0.1, 0.15) is 35.4 Å².